The van der Waals surface area contributed by atoms with E-state index in [-0.39, 0.29) is 12.1 Å². The average Bonchev–Trinajstić information content (AvgIpc) is 1.85. The first-order valence-corrected chi connectivity index (χ1v) is 3.83. The Kier molecular flexibility index (Phi) is 2.70. The number of ether oxygens (including phenoxy) is 1. The molecule has 0 bridgehead atoms. The minimum atomic E-state index is -1.19. The van der Waals surface area contributed by atoms with Gasteiger partial charge in [0, 0.05) is 6.04 Å². The smallest absolute Gasteiger partial charge is 0.450 e. The number of carboxylic acid groups (broad SMARTS) is 1. The number of hydrogen-bond donors (Lipinski definition) is 2. The summed E-state index contributed by atoms with van der Waals surface area (Å²) in [6.07, 6.45) is 2.09. The first-order valence-electron chi connectivity index (χ1n) is 3.83. The van der Waals surface area contributed by atoms with Crippen LogP contribution in [0.15, 0.2) is 0 Å². The van der Waals surface area contributed by atoms with Gasteiger partial charge in [0.15, 0.2) is 0 Å². The van der Waals surface area contributed by atoms with Crippen LogP contribution in [0.1, 0.15) is 25.7 Å². The standard InChI is InChI=1S/C7H13NO3/c8-5-2-1-3-6(4-5)11-7(9)10/h5-6H,1-4,8H2,(H,9,10). The van der Waals surface area contributed by atoms with E-state index in [4.69, 9.17) is 10.8 Å². The van der Waals surface area contributed by atoms with Gasteiger partial charge in [0.05, 0.1) is 0 Å². The molecular formula is C7H13NO3. The van der Waals surface area contributed by atoms with Crippen LogP contribution in [-0.4, -0.2) is 23.4 Å². The third-order valence-corrected chi connectivity index (χ3v) is 1.93. The minimum Gasteiger partial charge on any atom is -0.450 e. The Bertz CT molecular complexity index is 149. The van der Waals surface area contributed by atoms with Gasteiger partial charge in [-0.2, -0.15) is 0 Å². The van der Waals surface area contributed by atoms with Gasteiger partial charge in [-0.15, -0.1) is 0 Å². The lowest BCUT2D eigenvalue weighted by atomic mass is 9.94. The maximum Gasteiger partial charge on any atom is 0.506 e. The lowest BCUT2D eigenvalue weighted by Gasteiger charge is -2.24. The second kappa shape index (κ2) is 3.57. The van der Waals surface area contributed by atoms with Gasteiger partial charge in [-0.1, -0.05) is 0 Å². The first-order chi connectivity index (χ1) is 5.18. The zero-order chi connectivity index (χ0) is 8.27. The fraction of sp³-hybridized carbons (Fsp3) is 0.857. The Morgan fingerprint density at radius 1 is 1.55 bits per heavy atom. The van der Waals surface area contributed by atoms with Gasteiger partial charge in [-0.05, 0) is 25.7 Å². The monoisotopic (exact) mass is 159 g/mol. The van der Waals surface area contributed by atoms with Crippen molar-refractivity contribution in [3.05, 3.63) is 0 Å². The summed E-state index contributed by atoms with van der Waals surface area (Å²) >= 11 is 0. The van der Waals surface area contributed by atoms with Crippen LogP contribution in [0, 0.1) is 0 Å². The number of rotatable bonds is 1. The molecule has 1 rings (SSSR count). The number of nitrogens with two attached hydrogens (primary N) is 1. The second-order valence-corrected chi connectivity index (χ2v) is 2.93. The van der Waals surface area contributed by atoms with Crippen LogP contribution in [0.3, 0.4) is 0 Å². The quantitative estimate of drug-likeness (QED) is 0.559. The van der Waals surface area contributed by atoms with Gasteiger partial charge in [0.25, 0.3) is 0 Å². The van der Waals surface area contributed by atoms with Gasteiger partial charge < -0.3 is 15.6 Å². The summed E-state index contributed by atoms with van der Waals surface area (Å²) in [5, 5.41) is 8.29. The summed E-state index contributed by atoms with van der Waals surface area (Å²) < 4.78 is 4.60. The van der Waals surface area contributed by atoms with Gasteiger partial charge >= 0.3 is 6.16 Å². The lowest BCUT2D eigenvalue weighted by molar-refractivity contribution is 0.0325. The molecule has 1 aliphatic carbocycles. The molecule has 3 N–H and O–H groups in total. The second-order valence-electron chi connectivity index (χ2n) is 2.93. The molecule has 0 radical (unpaired) electrons. The molecular weight excluding hydrogens is 146 g/mol. The van der Waals surface area contributed by atoms with Crippen molar-refractivity contribution in [3.63, 3.8) is 0 Å². The summed E-state index contributed by atoms with van der Waals surface area (Å²) in [5.74, 6) is 0. The van der Waals surface area contributed by atoms with Crippen molar-refractivity contribution in [2.24, 2.45) is 5.73 Å². The van der Waals surface area contributed by atoms with Gasteiger partial charge in [0.1, 0.15) is 6.10 Å². The Balaban J connectivity index is 2.28. The fourth-order valence-electron chi connectivity index (χ4n) is 1.43. The maximum absolute atomic E-state index is 10.1. The molecule has 0 aliphatic heterocycles. The van der Waals surface area contributed by atoms with Crippen LogP contribution in [0.5, 0.6) is 0 Å². The summed E-state index contributed by atoms with van der Waals surface area (Å²) in [5.41, 5.74) is 5.63. The molecule has 0 spiro atoms. The van der Waals surface area contributed by atoms with E-state index in [0.717, 1.165) is 19.3 Å². The molecule has 4 nitrogen and oxygen atoms in total. The van der Waals surface area contributed by atoms with Crippen LogP contribution in [0.4, 0.5) is 4.79 Å². The Hall–Kier alpha value is -0.770. The summed E-state index contributed by atoms with van der Waals surface area (Å²) in [6.45, 7) is 0. The zero-order valence-corrected chi connectivity index (χ0v) is 6.32. The number of carbonyl (C=O) groups is 1. The van der Waals surface area contributed by atoms with Crippen LogP contribution in [-0.2, 0) is 4.74 Å². The van der Waals surface area contributed by atoms with Crippen molar-refractivity contribution in [2.75, 3.05) is 0 Å². The van der Waals surface area contributed by atoms with Crippen LogP contribution >= 0.6 is 0 Å². The van der Waals surface area contributed by atoms with E-state index in [1.165, 1.54) is 0 Å². The largest absolute Gasteiger partial charge is 0.506 e. The van der Waals surface area contributed by atoms with E-state index < -0.39 is 6.16 Å². The van der Waals surface area contributed by atoms with E-state index >= 15 is 0 Å². The molecule has 11 heavy (non-hydrogen) atoms. The summed E-state index contributed by atoms with van der Waals surface area (Å²) in [7, 11) is 0. The van der Waals surface area contributed by atoms with E-state index in [1.54, 1.807) is 0 Å². The van der Waals surface area contributed by atoms with E-state index in [2.05, 4.69) is 4.74 Å². The van der Waals surface area contributed by atoms with Crippen LogP contribution in [0.2, 0.25) is 0 Å². The molecule has 2 unspecified atom stereocenters. The number of hydrogen-bond acceptors (Lipinski definition) is 3. The molecule has 64 valence electrons. The molecule has 0 aromatic carbocycles. The third kappa shape index (κ3) is 2.76. The zero-order valence-electron chi connectivity index (χ0n) is 6.32. The molecule has 1 saturated carbocycles. The lowest BCUT2D eigenvalue weighted by Crippen LogP contribution is -2.33. The third-order valence-electron chi connectivity index (χ3n) is 1.93. The predicted molar refractivity (Wildman–Crippen MR) is 39.3 cm³/mol. The topological polar surface area (TPSA) is 72.5 Å². The van der Waals surface area contributed by atoms with Gasteiger partial charge in [0.2, 0.25) is 0 Å². The maximum atomic E-state index is 10.1. The SMILES string of the molecule is NC1CCCC(OC(=O)O)C1. The normalized spacial score (nSPS) is 31.4. The first kappa shape index (κ1) is 8.33. The van der Waals surface area contributed by atoms with Crippen molar-refractivity contribution in [1.82, 2.24) is 0 Å². The van der Waals surface area contributed by atoms with Gasteiger partial charge in [-0.3, -0.25) is 0 Å². The van der Waals surface area contributed by atoms with Crippen LogP contribution < -0.4 is 5.73 Å². The fourth-order valence-corrected chi connectivity index (χ4v) is 1.43. The Morgan fingerprint density at radius 2 is 2.27 bits per heavy atom. The summed E-state index contributed by atoms with van der Waals surface area (Å²) in [6, 6.07) is 0.119. The molecule has 0 amide bonds. The molecule has 1 aliphatic rings. The average molecular weight is 159 g/mol. The molecule has 4 heteroatoms. The highest BCUT2D eigenvalue weighted by Crippen LogP contribution is 2.19. The highest BCUT2D eigenvalue weighted by Gasteiger charge is 2.21. The molecule has 0 aromatic heterocycles. The Morgan fingerprint density at radius 3 is 2.82 bits per heavy atom. The highest BCUT2D eigenvalue weighted by molar-refractivity contribution is 5.57. The van der Waals surface area contributed by atoms with Crippen LogP contribution in [0.25, 0.3) is 0 Å². The van der Waals surface area contributed by atoms with E-state index in [9.17, 15) is 4.79 Å². The molecule has 2 atom stereocenters. The predicted octanol–water partition coefficient (Wildman–Crippen LogP) is 0.951. The molecule has 0 heterocycles. The van der Waals surface area contributed by atoms with Crippen molar-refractivity contribution < 1.29 is 14.6 Å². The van der Waals surface area contributed by atoms with E-state index in [1.807, 2.05) is 0 Å². The molecule has 0 saturated heterocycles. The Labute approximate surface area is 65.3 Å². The van der Waals surface area contributed by atoms with Crippen molar-refractivity contribution >= 4 is 6.16 Å². The highest BCUT2D eigenvalue weighted by atomic mass is 16.7. The summed E-state index contributed by atoms with van der Waals surface area (Å²) in [4.78, 5) is 10.1. The minimum absolute atomic E-state index is 0.119. The van der Waals surface area contributed by atoms with Crippen molar-refractivity contribution in [3.8, 4) is 0 Å². The van der Waals surface area contributed by atoms with Gasteiger partial charge in [-0.25, -0.2) is 4.79 Å². The van der Waals surface area contributed by atoms with Crippen molar-refractivity contribution in [2.45, 2.75) is 37.8 Å². The van der Waals surface area contributed by atoms with E-state index in [0.29, 0.717) is 6.42 Å². The van der Waals surface area contributed by atoms with Crippen molar-refractivity contribution in [1.29, 1.82) is 0 Å². The molecule has 0 aromatic rings. The molecule has 1 fully saturated rings.